The van der Waals surface area contributed by atoms with Gasteiger partial charge in [0, 0.05) is 29.3 Å². The second-order valence-corrected chi connectivity index (χ2v) is 5.46. The number of hydrogen-bond donors (Lipinski definition) is 0. The van der Waals surface area contributed by atoms with Crippen LogP contribution in [0.15, 0.2) is 18.2 Å². The van der Waals surface area contributed by atoms with Crippen molar-refractivity contribution in [2.24, 2.45) is 5.92 Å². The first-order valence-corrected chi connectivity index (χ1v) is 6.52. The van der Waals surface area contributed by atoms with Gasteiger partial charge in [0.25, 0.3) is 0 Å². The fraction of sp³-hybridized carbons (Fsp3) is 0.462. The molecule has 98 valence electrons. The van der Waals surface area contributed by atoms with Crippen LogP contribution in [0.1, 0.15) is 36.0 Å². The molecule has 1 saturated carbocycles. The summed E-state index contributed by atoms with van der Waals surface area (Å²) in [5.74, 6) is -3.14. The van der Waals surface area contributed by atoms with Gasteiger partial charge < -0.3 is 0 Å². The van der Waals surface area contributed by atoms with Gasteiger partial charge in [-0.05, 0) is 31.0 Å². The van der Waals surface area contributed by atoms with Gasteiger partial charge in [-0.1, -0.05) is 23.2 Å². The van der Waals surface area contributed by atoms with Gasteiger partial charge in [-0.15, -0.1) is 0 Å². The summed E-state index contributed by atoms with van der Waals surface area (Å²) < 4.78 is 26.0. The van der Waals surface area contributed by atoms with Crippen molar-refractivity contribution in [2.45, 2.75) is 31.6 Å². The highest BCUT2D eigenvalue weighted by atomic mass is 35.5. The van der Waals surface area contributed by atoms with Crippen molar-refractivity contribution in [3.8, 4) is 0 Å². The predicted molar refractivity (Wildman–Crippen MR) is 67.7 cm³/mol. The van der Waals surface area contributed by atoms with Gasteiger partial charge in [0.1, 0.15) is 0 Å². The second kappa shape index (κ2) is 5.14. The minimum atomic E-state index is -2.62. The number of benzene rings is 1. The number of rotatable bonds is 2. The molecule has 0 atom stereocenters. The van der Waals surface area contributed by atoms with Crippen molar-refractivity contribution in [3.63, 3.8) is 0 Å². The highest BCUT2D eigenvalue weighted by Gasteiger charge is 2.37. The number of carbonyl (C=O) groups is 1. The van der Waals surface area contributed by atoms with Gasteiger partial charge in [-0.2, -0.15) is 0 Å². The van der Waals surface area contributed by atoms with E-state index in [0.717, 1.165) is 0 Å². The first kappa shape index (κ1) is 13.8. The van der Waals surface area contributed by atoms with E-state index in [1.165, 1.54) is 6.07 Å². The Labute approximate surface area is 114 Å². The maximum Gasteiger partial charge on any atom is 0.248 e. The molecule has 0 N–H and O–H groups in total. The zero-order chi connectivity index (χ0) is 13.3. The van der Waals surface area contributed by atoms with Crippen molar-refractivity contribution in [1.82, 2.24) is 0 Å². The van der Waals surface area contributed by atoms with Gasteiger partial charge in [-0.25, -0.2) is 8.78 Å². The van der Waals surface area contributed by atoms with Gasteiger partial charge in [0.05, 0.1) is 5.02 Å². The molecule has 0 saturated heterocycles. The maximum atomic E-state index is 13.0. The van der Waals surface area contributed by atoms with Crippen LogP contribution < -0.4 is 0 Å². The molecule has 0 heterocycles. The number of Topliss-reactive ketones (excluding diaryl/α,β-unsaturated/α-hetero) is 1. The standard InChI is InChI=1S/C13H12Cl2F2O/c14-9-1-2-10(11(15)7-9)12(18)8-3-5-13(16,17)6-4-8/h1-2,7-8H,3-6H2. The van der Waals surface area contributed by atoms with E-state index >= 15 is 0 Å². The van der Waals surface area contributed by atoms with Crippen molar-refractivity contribution in [2.75, 3.05) is 0 Å². The lowest BCUT2D eigenvalue weighted by Gasteiger charge is -2.27. The Kier molecular flexibility index (Phi) is 3.93. The zero-order valence-electron chi connectivity index (χ0n) is 9.56. The van der Waals surface area contributed by atoms with Crippen molar-refractivity contribution < 1.29 is 13.6 Å². The summed E-state index contributed by atoms with van der Waals surface area (Å²) in [5, 5.41) is 0.733. The molecule has 0 aliphatic heterocycles. The molecule has 0 aromatic heterocycles. The monoisotopic (exact) mass is 292 g/mol. The largest absolute Gasteiger partial charge is 0.294 e. The first-order chi connectivity index (χ1) is 8.39. The van der Waals surface area contributed by atoms with Crippen molar-refractivity contribution in [1.29, 1.82) is 0 Å². The van der Waals surface area contributed by atoms with Crippen LogP contribution in [0.25, 0.3) is 0 Å². The number of hydrogen-bond acceptors (Lipinski definition) is 1. The fourth-order valence-electron chi connectivity index (χ4n) is 2.21. The molecule has 5 heteroatoms. The average molecular weight is 293 g/mol. The molecule has 1 nitrogen and oxygen atoms in total. The summed E-state index contributed by atoms with van der Waals surface area (Å²) in [6.07, 6.45) is -0.0290. The van der Waals surface area contributed by atoms with Crippen LogP contribution in [0.3, 0.4) is 0 Å². The Hall–Kier alpha value is -0.670. The van der Waals surface area contributed by atoms with Crippen molar-refractivity contribution >= 4 is 29.0 Å². The molecule has 0 spiro atoms. The number of alkyl halides is 2. The molecule has 1 aliphatic rings. The SMILES string of the molecule is O=C(c1ccc(Cl)cc1Cl)C1CCC(F)(F)CC1. The molecular formula is C13H12Cl2F2O. The Balaban J connectivity index is 2.13. The Morgan fingerprint density at radius 1 is 1.22 bits per heavy atom. The average Bonchev–Trinajstić information content (AvgIpc) is 2.28. The third-order valence-corrected chi connectivity index (χ3v) is 3.83. The normalized spacial score (nSPS) is 19.8. The first-order valence-electron chi connectivity index (χ1n) is 5.76. The van der Waals surface area contributed by atoms with E-state index < -0.39 is 5.92 Å². The third kappa shape index (κ3) is 3.01. The molecule has 1 aliphatic carbocycles. The van der Waals surface area contributed by atoms with Crippen molar-refractivity contribution in [3.05, 3.63) is 33.8 Å². The maximum absolute atomic E-state index is 13.0. The lowest BCUT2D eigenvalue weighted by Crippen LogP contribution is -2.28. The van der Waals surface area contributed by atoms with E-state index in [0.29, 0.717) is 10.6 Å². The summed E-state index contributed by atoms with van der Waals surface area (Å²) in [6.45, 7) is 0. The molecule has 0 radical (unpaired) electrons. The molecule has 1 fully saturated rings. The summed E-state index contributed by atoms with van der Waals surface area (Å²) in [5.41, 5.74) is 0.372. The van der Waals surface area contributed by atoms with E-state index in [2.05, 4.69) is 0 Å². The van der Waals surface area contributed by atoms with E-state index in [9.17, 15) is 13.6 Å². The Morgan fingerprint density at radius 2 is 1.83 bits per heavy atom. The summed E-state index contributed by atoms with van der Waals surface area (Å²) in [7, 11) is 0. The summed E-state index contributed by atoms with van der Waals surface area (Å²) in [4.78, 5) is 12.2. The third-order valence-electron chi connectivity index (χ3n) is 3.28. The van der Waals surface area contributed by atoms with Crippen LogP contribution in [-0.4, -0.2) is 11.7 Å². The van der Waals surface area contributed by atoms with Crippen LogP contribution >= 0.6 is 23.2 Å². The van der Waals surface area contributed by atoms with Crippen LogP contribution in [0.5, 0.6) is 0 Å². The van der Waals surface area contributed by atoms with Gasteiger partial charge >= 0.3 is 0 Å². The molecule has 0 unspecified atom stereocenters. The van der Waals surface area contributed by atoms with Crippen LogP contribution in [0, 0.1) is 5.92 Å². The Bertz CT molecular complexity index is 464. The number of ketones is 1. The molecule has 2 rings (SSSR count). The number of carbonyl (C=O) groups excluding carboxylic acids is 1. The zero-order valence-corrected chi connectivity index (χ0v) is 11.1. The van der Waals surface area contributed by atoms with Crippen LogP contribution in [0.4, 0.5) is 8.78 Å². The molecule has 0 amide bonds. The molecule has 18 heavy (non-hydrogen) atoms. The predicted octanol–water partition coefficient (Wildman–Crippen LogP) is 5.00. The van der Waals surface area contributed by atoms with E-state index in [1.54, 1.807) is 12.1 Å². The van der Waals surface area contributed by atoms with E-state index in [1.807, 2.05) is 0 Å². The smallest absolute Gasteiger partial charge is 0.248 e. The summed E-state index contributed by atoms with van der Waals surface area (Å²) >= 11 is 11.7. The van der Waals surface area contributed by atoms with Gasteiger partial charge in [0.2, 0.25) is 5.92 Å². The van der Waals surface area contributed by atoms with Gasteiger partial charge in [-0.3, -0.25) is 4.79 Å². The second-order valence-electron chi connectivity index (χ2n) is 4.62. The highest BCUT2D eigenvalue weighted by Crippen LogP contribution is 2.38. The van der Waals surface area contributed by atoms with Crippen LogP contribution in [-0.2, 0) is 0 Å². The topological polar surface area (TPSA) is 17.1 Å². The quantitative estimate of drug-likeness (QED) is 0.701. The van der Waals surface area contributed by atoms with E-state index in [-0.39, 0.29) is 42.4 Å². The molecule has 1 aromatic rings. The fourth-order valence-corrected chi connectivity index (χ4v) is 2.71. The van der Waals surface area contributed by atoms with Gasteiger partial charge in [0.15, 0.2) is 5.78 Å². The lowest BCUT2D eigenvalue weighted by atomic mass is 9.82. The Morgan fingerprint density at radius 3 is 2.39 bits per heavy atom. The van der Waals surface area contributed by atoms with E-state index in [4.69, 9.17) is 23.2 Å². The highest BCUT2D eigenvalue weighted by molar-refractivity contribution is 6.36. The molecular weight excluding hydrogens is 281 g/mol. The number of halogens is 4. The lowest BCUT2D eigenvalue weighted by molar-refractivity contribution is -0.0424. The summed E-state index contributed by atoms with van der Waals surface area (Å²) in [6, 6.07) is 4.63. The minimum Gasteiger partial charge on any atom is -0.294 e. The minimum absolute atomic E-state index is 0.160. The van der Waals surface area contributed by atoms with Crippen LogP contribution in [0.2, 0.25) is 10.0 Å². The molecule has 1 aromatic carbocycles. The molecule has 0 bridgehead atoms.